The van der Waals surface area contributed by atoms with Gasteiger partial charge in [0.15, 0.2) is 0 Å². The maximum Gasteiger partial charge on any atom is 0.573 e. The number of halogens is 3. The molecule has 0 bridgehead atoms. The lowest BCUT2D eigenvalue weighted by molar-refractivity contribution is -0.274. The normalized spacial score (nSPS) is 11.3. The van der Waals surface area contributed by atoms with Crippen LogP contribution in [0, 0.1) is 0 Å². The van der Waals surface area contributed by atoms with E-state index < -0.39 is 6.36 Å². The molecular formula is C19H18F3N5O2S2. The number of tetrazole rings is 1. The number of hydrogen-bond acceptors (Lipinski definition) is 7. The summed E-state index contributed by atoms with van der Waals surface area (Å²) < 4.78 is 42.0. The van der Waals surface area contributed by atoms with Crippen molar-refractivity contribution in [1.82, 2.24) is 25.5 Å². The number of hydrogen-bond donors (Lipinski definition) is 1. The lowest BCUT2D eigenvalue weighted by Gasteiger charge is -2.09. The number of nitrogens with zero attached hydrogens (tertiary/aromatic N) is 4. The highest BCUT2D eigenvalue weighted by Gasteiger charge is 2.31. The fourth-order valence-corrected chi connectivity index (χ4v) is 4.00. The maximum absolute atomic E-state index is 12.3. The summed E-state index contributed by atoms with van der Waals surface area (Å²) >= 11 is 2.86. The van der Waals surface area contributed by atoms with Crippen LogP contribution in [0.3, 0.4) is 0 Å². The summed E-state index contributed by atoms with van der Waals surface area (Å²) in [5.74, 6) is 0.507. The van der Waals surface area contributed by atoms with Gasteiger partial charge in [-0.3, -0.25) is 4.79 Å². The van der Waals surface area contributed by atoms with Gasteiger partial charge in [-0.25, -0.2) is 0 Å². The standard InChI is InChI=1S/C19H18F3N5O2S2/c20-19(21,22)29-15-9-7-14(8-10-15)27-18(24-25-26-27)31-13-17(28)23-11-4-12-30-16-5-2-1-3-6-16/h1-3,5-10H,4,11-13H2,(H,23,28). The monoisotopic (exact) mass is 469 g/mol. The van der Waals surface area contributed by atoms with Crippen molar-refractivity contribution < 1.29 is 22.7 Å². The van der Waals surface area contributed by atoms with Gasteiger partial charge in [-0.2, -0.15) is 4.68 Å². The van der Waals surface area contributed by atoms with Crippen molar-refractivity contribution in [3.8, 4) is 11.4 Å². The van der Waals surface area contributed by atoms with Crippen molar-refractivity contribution in [2.45, 2.75) is 22.8 Å². The maximum atomic E-state index is 12.3. The van der Waals surface area contributed by atoms with E-state index >= 15 is 0 Å². The summed E-state index contributed by atoms with van der Waals surface area (Å²) in [5.41, 5.74) is 0.445. The van der Waals surface area contributed by atoms with Crippen molar-refractivity contribution in [3.63, 3.8) is 0 Å². The van der Waals surface area contributed by atoms with E-state index in [-0.39, 0.29) is 17.4 Å². The fourth-order valence-electron chi connectivity index (χ4n) is 2.41. The molecule has 7 nitrogen and oxygen atoms in total. The minimum atomic E-state index is -4.76. The number of nitrogens with one attached hydrogen (secondary N) is 1. The SMILES string of the molecule is O=C(CSc1nnnn1-c1ccc(OC(F)(F)F)cc1)NCCCSc1ccccc1. The molecule has 1 N–H and O–H groups in total. The summed E-state index contributed by atoms with van der Waals surface area (Å²) in [4.78, 5) is 13.2. The molecular weight excluding hydrogens is 451 g/mol. The van der Waals surface area contributed by atoms with E-state index in [9.17, 15) is 18.0 Å². The molecule has 0 unspecified atom stereocenters. The quantitative estimate of drug-likeness (QED) is 0.356. The molecule has 0 fully saturated rings. The Morgan fingerprint density at radius 3 is 2.52 bits per heavy atom. The smallest absolute Gasteiger partial charge is 0.406 e. The van der Waals surface area contributed by atoms with E-state index in [1.54, 1.807) is 11.8 Å². The van der Waals surface area contributed by atoms with Crippen molar-refractivity contribution in [1.29, 1.82) is 0 Å². The third-order valence-corrected chi connectivity index (χ3v) is 5.76. The number of carbonyl (C=O) groups is 1. The largest absolute Gasteiger partial charge is 0.573 e. The molecule has 0 aliphatic carbocycles. The Balaban J connectivity index is 1.42. The molecule has 164 valence electrons. The van der Waals surface area contributed by atoms with Gasteiger partial charge in [0.2, 0.25) is 11.1 Å². The Morgan fingerprint density at radius 2 is 1.81 bits per heavy atom. The van der Waals surface area contributed by atoms with Gasteiger partial charge in [-0.15, -0.1) is 30.0 Å². The van der Waals surface area contributed by atoms with Crippen LogP contribution in [-0.2, 0) is 4.79 Å². The van der Waals surface area contributed by atoms with Gasteiger partial charge in [-0.1, -0.05) is 30.0 Å². The van der Waals surface area contributed by atoms with Crippen LogP contribution in [0.15, 0.2) is 64.6 Å². The molecule has 0 radical (unpaired) electrons. The molecule has 0 saturated heterocycles. The zero-order valence-corrected chi connectivity index (χ0v) is 17.7. The summed E-state index contributed by atoms with van der Waals surface area (Å²) in [5, 5.41) is 14.4. The average molecular weight is 470 g/mol. The topological polar surface area (TPSA) is 81.9 Å². The van der Waals surface area contributed by atoms with E-state index in [1.165, 1.54) is 33.8 Å². The molecule has 1 heterocycles. The van der Waals surface area contributed by atoms with Gasteiger partial charge in [0.05, 0.1) is 11.4 Å². The predicted octanol–water partition coefficient (Wildman–Crippen LogP) is 3.95. The number of thioether (sulfide) groups is 2. The number of rotatable bonds is 10. The molecule has 2 aromatic carbocycles. The first-order valence-electron chi connectivity index (χ1n) is 9.12. The van der Waals surface area contributed by atoms with Crippen LogP contribution in [0.5, 0.6) is 5.75 Å². The van der Waals surface area contributed by atoms with Crippen LogP contribution < -0.4 is 10.1 Å². The van der Waals surface area contributed by atoms with Crippen molar-refractivity contribution in [2.24, 2.45) is 0 Å². The Hall–Kier alpha value is -2.73. The number of amides is 1. The van der Waals surface area contributed by atoms with Gasteiger partial charge >= 0.3 is 6.36 Å². The first kappa shape index (κ1) is 22.9. The zero-order chi connectivity index (χ0) is 22.1. The van der Waals surface area contributed by atoms with Crippen LogP contribution >= 0.6 is 23.5 Å². The Kier molecular flexibility index (Phi) is 8.18. The van der Waals surface area contributed by atoms with Crippen LogP contribution in [0.25, 0.3) is 5.69 Å². The molecule has 0 saturated carbocycles. The molecule has 0 aliphatic heterocycles. The molecule has 12 heteroatoms. The second-order valence-corrected chi connectivity index (χ2v) is 8.18. The highest BCUT2D eigenvalue weighted by atomic mass is 32.2. The molecule has 3 aromatic rings. The first-order chi connectivity index (χ1) is 14.9. The van der Waals surface area contributed by atoms with E-state index in [4.69, 9.17) is 0 Å². The highest BCUT2D eigenvalue weighted by Crippen LogP contribution is 2.25. The number of alkyl halides is 3. The Morgan fingerprint density at radius 1 is 1.06 bits per heavy atom. The minimum absolute atomic E-state index is 0.113. The van der Waals surface area contributed by atoms with Crippen molar-refractivity contribution >= 4 is 29.4 Å². The molecule has 31 heavy (non-hydrogen) atoms. The molecule has 3 rings (SSSR count). The van der Waals surface area contributed by atoms with E-state index in [1.807, 2.05) is 30.3 Å². The fraction of sp³-hybridized carbons (Fsp3) is 0.263. The summed E-state index contributed by atoms with van der Waals surface area (Å²) in [6.07, 6.45) is -3.93. The van der Waals surface area contributed by atoms with E-state index in [0.717, 1.165) is 23.9 Å². The van der Waals surface area contributed by atoms with Crippen LogP contribution in [0.4, 0.5) is 13.2 Å². The summed E-state index contributed by atoms with van der Waals surface area (Å²) in [7, 11) is 0. The van der Waals surface area contributed by atoms with Crippen molar-refractivity contribution in [3.05, 3.63) is 54.6 Å². The lowest BCUT2D eigenvalue weighted by Crippen LogP contribution is -2.26. The zero-order valence-electron chi connectivity index (χ0n) is 16.1. The van der Waals surface area contributed by atoms with Crippen LogP contribution in [-0.4, -0.2) is 50.5 Å². The van der Waals surface area contributed by atoms with Gasteiger partial charge in [-0.05, 0) is 59.0 Å². The van der Waals surface area contributed by atoms with Crippen LogP contribution in [0.2, 0.25) is 0 Å². The lowest BCUT2D eigenvalue weighted by atomic mass is 10.3. The molecule has 1 aromatic heterocycles. The molecule has 0 spiro atoms. The Bertz CT molecular complexity index is 969. The number of ether oxygens (including phenoxy) is 1. The first-order valence-corrected chi connectivity index (χ1v) is 11.1. The number of carbonyl (C=O) groups excluding carboxylic acids is 1. The summed E-state index contributed by atoms with van der Waals surface area (Å²) in [6.45, 7) is 0.560. The third-order valence-electron chi connectivity index (χ3n) is 3.74. The number of aromatic nitrogens is 4. The van der Waals surface area contributed by atoms with Crippen molar-refractivity contribution in [2.75, 3.05) is 18.1 Å². The second kappa shape index (κ2) is 11.0. The second-order valence-electron chi connectivity index (χ2n) is 6.07. The average Bonchev–Trinajstić information content (AvgIpc) is 3.21. The third kappa shape index (κ3) is 7.79. The minimum Gasteiger partial charge on any atom is -0.406 e. The van der Waals surface area contributed by atoms with Gasteiger partial charge in [0.25, 0.3) is 0 Å². The van der Waals surface area contributed by atoms with Gasteiger partial charge < -0.3 is 10.1 Å². The molecule has 0 atom stereocenters. The van der Waals surface area contributed by atoms with Gasteiger partial charge in [0.1, 0.15) is 5.75 Å². The van der Waals surface area contributed by atoms with E-state index in [0.29, 0.717) is 17.4 Å². The Labute approximate surface area is 184 Å². The summed E-state index contributed by atoms with van der Waals surface area (Å²) in [6, 6.07) is 15.1. The highest BCUT2D eigenvalue weighted by molar-refractivity contribution is 7.99. The molecule has 0 aliphatic rings. The van der Waals surface area contributed by atoms with Gasteiger partial charge in [0, 0.05) is 11.4 Å². The van der Waals surface area contributed by atoms with E-state index in [2.05, 4.69) is 25.6 Å². The van der Waals surface area contributed by atoms with Crippen LogP contribution in [0.1, 0.15) is 6.42 Å². The molecule has 1 amide bonds. The number of benzene rings is 2. The predicted molar refractivity (Wildman–Crippen MR) is 111 cm³/mol.